The van der Waals surface area contributed by atoms with Crippen LogP contribution in [0.4, 0.5) is 0 Å². The molecule has 2 rings (SSSR count). The molecule has 1 amide bonds. The second-order valence-corrected chi connectivity index (χ2v) is 4.43. The normalized spacial score (nSPS) is 10.2. The molecule has 2 aromatic rings. The summed E-state index contributed by atoms with van der Waals surface area (Å²) in [6.45, 7) is 1.79. The number of rotatable bonds is 5. The summed E-state index contributed by atoms with van der Waals surface area (Å²) in [5.41, 5.74) is 6.48. The predicted octanol–water partition coefficient (Wildman–Crippen LogP) is 1.34. The Morgan fingerprint density at radius 1 is 1.29 bits per heavy atom. The van der Waals surface area contributed by atoms with Crippen LogP contribution in [0.15, 0.2) is 36.5 Å². The molecule has 0 saturated heterocycles. The van der Waals surface area contributed by atoms with E-state index in [9.17, 15) is 9.59 Å². The molecule has 6 heteroatoms. The van der Waals surface area contributed by atoms with Gasteiger partial charge in [-0.15, -0.1) is 0 Å². The average Bonchev–Trinajstić information content (AvgIpc) is 2.48. The van der Waals surface area contributed by atoms with Crippen molar-refractivity contribution in [2.45, 2.75) is 13.5 Å². The lowest BCUT2D eigenvalue weighted by atomic mass is 10.1. The zero-order valence-electron chi connectivity index (χ0n) is 11.4. The Balaban J connectivity index is 2.26. The summed E-state index contributed by atoms with van der Waals surface area (Å²) in [7, 11) is 0. The Bertz CT molecular complexity index is 698. The fourth-order valence-corrected chi connectivity index (χ4v) is 1.78. The van der Waals surface area contributed by atoms with Gasteiger partial charge in [0.15, 0.2) is 0 Å². The van der Waals surface area contributed by atoms with E-state index >= 15 is 0 Å². The quantitative estimate of drug-likeness (QED) is 0.638. The van der Waals surface area contributed by atoms with E-state index in [1.165, 1.54) is 12.3 Å². The Kier molecular flexibility index (Phi) is 4.30. The van der Waals surface area contributed by atoms with Gasteiger partial charge in [-0.05, 0) is 30.2 Å². The average molecular weight is 286 g/mol. The van der Waals surface area contributed by atoms with Gasteiger partial charge in [0.25, 0.3) is 11.7 Å². The molecular weight excluding hydrogens is 272 g/mol. The summed E-state index contributed by atoms with van der Waals surface area (Å²) in [5.74, 6) is -0.985. The predicted molar refractivity (Wildman–Crippen MR) is 74.9 cm³/mol. The van der Waals surface area contributed by atoms with Crippen LogP contribution in [0.5, 0.6) is 11.5 Å². The number of ketones is 1. The minimum atomic E-state index is -1.07. The highest BCUT2D eigenvalue weighted by Crippen LogP contribution is 2.26. The number of hydrogen-bond donors (Lipinski definition) is 2. The first-order valence-corrected chi connectivity index (χ1v) is 6.19. The molecule has 21 heavy (non-hydrogen) atoms. The second kappa shape index (κ2) is 6.15. The van der Waals surface area contributed by atoms with Crippen molar-refractivity contribution in [2.24, 2.45) is 5.73 Å². The van der Waals surface area contributed by atoms with Crippen LogP contribution < -0.4 is 10.5 Å². The third kappa shape index (κ3) is 3.43. The number of hydrogen-bond acceptors (Lipinski definition) is 5. The number of amides is 1. The smallest absolute Gasteiger partial charge is 0.291 e. The lowest BCUT2D eigenvalue weighted by Gasteiger charge is -2.10. The largest absolute Gasteiger partial charge is 0.457 e. The molecule has 0 fully saturated rings. The molecule has 0 radical (unpaired) electrons. The maximum Gasteiger partial charge on any atom is 0.291 e. The zero-order chi connectivity index (χ0) is 15.4. The van der Waals surface area contributed by atoms with Gasteiger partial charge in [-0.3, -0.25) is 14.6 Å². The first-order chi connectivity index (χ1) is 10.0. The molecule has 0 atom stereocenters. The van der Waals surface area contributed by atoms with Crippen molar-refractivity contribution in [1.82, 2.24) is 4.98 Å². The number of aliphatic hydroxyl groups is 1. The number of Topliss-reactive ketones (excluding diaryl/α,β-unsaturated/α-hetero) is 1. The zero-order valence-corrected chi connectivity index (χ0v) is 11.4. The highest BCUT2D eigenvalue weighted by atomic mass is 16.5. The van der Waals surface area contributed by atoms with E-state index in [0.717, 1.165) is 11.1 Å². The lowest BCUT2D eigenvalue weighted by Crippen LogP contribution is -2.23. The lowest BCUT2D eigenvalue weighted by molar-refractivity contribution is -0.114. The molecule has 6 nitrogen and oxygen atoms in total. The topological polar surface area (TPSA) is 103 Å². The van der Waals surface area contributed by atoms with Crippen molar-refractivity contribution in [3.05, 3.63) is 53.3 Å². The summed E-state index contributed by atoms with van der Waals surface area (Å²) in [6.07, 6.45) is 1.36. The number of pyridine rings is 1. The molecule has 0 aliphatic carbocycles. The number of nitrogens with zero attached hydrogens (tertiary/aromatic N) is 1. The number of ether oxygens (including phenoxy) is 1. The van der Waals surface area contributed by atoms with Gasteiger partial charge in [0.1, 0.15) is 17.2 Å². The first kappa shape index (κ1) is 14.7. The first-order valence-electron chi connectivity index (χ1n) is 6.19. The van der Waals surface area contributed by atoms with Gasteiger partial charge in [0.05, 0.1) is 6.61 Å². The minimum Gasteiger partial charge on any atom is -0.457 e. The Morgan fingerprint density at radius 2 is 2.05 bits per heavy atom. The number of aliphatic hydroxyl groups excluding tert-OH is 1. The van der Waals surface area contributed by atoms with Crippen LogP contribution in [0.2, 0.25) is 0 Å². The van der Waals surface area contributed by atoms with E-state index in [0.29, 0.717) is 11.5 Å². The Morgan fingerprint density at radius 3 is 2.67 bits per heavy atom. The van der Waals surface area contributed by atoms with Crippen LogP contribution in [-0.2, 0) is 11.4 Å². The van der Waals surface area contributed by atoms with E-state index in [-0.39, 0.29) is 12.3 Å². The van der Waals surface area contributed by atoms with Crippen LogP contribution in [-0.4, -0.2) is 21.8 Å². The van der Waals surface area contributed by atoms with E-state index < -0.39 is 11.7 Å². The third-order valence-corrected chi connectivity index (χ3v) is 2.84. The van der Waals surface area contributed by atoms with Gasteiger partial charge in [0.2, 0.25) is 0 Å². The molecule has 0 saturated carbocycles. The molecule has 0 bridgehead atoms. The number of benzene rings is 1. The molecule has 3 N–H and O–H groups in total. The van der Waals surface area contributed by atoms with Gasteiger partial charge in [0, 0.05) is 12.3 Å². The van der Waals surface area contributed by atoms with Crippen molar-refractivity contribution < 1.29 is 19.4 Å². The molecule has 1 aromatic carbocycles. The van der Waals surface area contributed by atoms with Crippen LogP contribution in [0.3, 0.4) is 0 Å². The van der Waals surface area contributed by atoms with E-state index in [1.807, 2.05) is 6.92 Å². The van der Waals surface area contributed by atoms with Crippen molar-refractivity contribution in [1.29, 1.82) is 0 Å². The molecule has 0 aliphatic heterocycles. The molecular formula is C15H14N2O4. The molecule has 0 aliphatic rings. The number of primary amides is 1. The van der Waals surface area contributed by atoms with Crippen LogP contribution >= 0.6 is 0 Å². The van der Waals surface area contributed by atoms with Gasteiger partial charge in [-0.2, -0.15) is 0 Å². The van der Waals surface area contributed by atoms with Gasteiger partial charge in [-0.1, -0.05) is 12.1 Å². The van der Waals surface area contributed by atoms with E-state index in [2.05, 4.69) is 4.98 Å². The van der Waals surface area contributed by atoms with Gasteiger partial charge < -0.3 is 15.6 Å². The number of carbonyl (C=O) groups is 2. The SMILES string of the molecule is Cc1cc(CO)ccc1Oc1ccnc(C(=O)C(N)=O)c1. The van der Waals surface area contributed by atoms with Crippen molar-refractivity contribution in [2.75, 3.05) is 0 Å². The fraction of sp³-hybridized carbons (Fsp3) is 0.133. The van der Waals surface area contributed by atoms with Crippen molar-refractivity contribution in [3.63, 3.8) is 0 Å². The Hall–Kier alpha value is -2.73. The number of nitrogens with two attached hydrogens (primary N) is 1. The molecule has 0 unspecified atom stereocenters. The van der Waals surface area contributed by atoms with Gasteiger partial charge >= 0.3 is 0 Å². The summed E-state index contributed by atoms with van der Waals surface area (Å²) in [4.78, 5) is 26.1. The number of aryl methyl sites for hydroxylation is 1. The van der Waals surface area contributed by atoms with E-state index in [4.69, 9.17) is 15.6 Å². The monoisotopic (exact) mass is 286 g/mol. The standard InChI is InChI=1S/C15H14N2O4/c1-9-6-10(8-18)2-3-13(9)21-11-4-5-17-12(7-11)14(19)15(16)20/h2-7,18H,8H2,1H3,(H2,16,20). The Labute approximate surface area is 121 Å². The fourth-order valence-electron chi connectivity index (χ4n) is 1.78. The highest BCUT2D eigenvalue weighted by molar-refractivity contribution is 6.41. The van der Waals surface area contributed by atoms with Crippen LogP contribution in [0, 0.1) is 6.92 Å². The maximum absolute atomic E-state index is 11.5. The summed E-state index contributed by atoms with van der Waals surface area (Å²) in [6, 6.07) is 8.17. The van der Waals surface area contributed by atoms with Crippen LogP contribution in [0.1, 0.15) is 21.6 Å². The molecule has 108 valence electrons. The molecule has 0 spiro atoms. The molecule has 1 heterocycles. The maximum atomic E-state index is 11.5. The van der Waals surface area contributed by atoms with Gasteiger partial charge in [-0.25, -0.2) is 0 Å². The summed E-state index contributed by atoms with van der Waals surface area (Å²) >= 11 is 0. The highest BCUT2D eigenvalue weighted by Gasteiger charge is 2.14. The van der Waals surface area contributed by atoms with E-state index in [1.54, 1.807) is 24.3 Å². The summed E-state index contributed by atoms with van der Waals surface area (Å²) < 4.78 is 5.65. The summed E-state index contributed by atoms with van der Waals surface area (Å²) in [5, 5.41) is 9.06. The molecule has 1 aromatic heterocycles. The van der Waals surface area contributed by atoms with Crippen molar-refractivity contribution in [3.8, 4) is 11.5 Å². The minimum absolute atomic E-state index is 0.0480. The number of aromatic nitrogens is 1. The number of carbonyl (C=O) groups excluding carboxylic acids is 2. The second-order valence-electron chi connectivity index (χ2n) is 4.43. The van der Waals surface area contributed by atoms with Crippen LogP contribution in [0.25, 0.3) is 0 Å². The van der Waals surface area contributed by atoms with Crippen molar-refractivity contribution >= 4 is 11.7 Å². The third-order valence-electron chi connectivity index (χ3n) is 2.84.